The van der Waals surface area contributed by atoms with Gasteiger partial charge < -0.3 is 10.2 Å². The Hall–Kier alpha value is -0.520. The first-order valence-electron chi connectivity index (χ1n) is 7.71. The summed E-state index contributed by atoms with van der Waals surface area (Å²) in [5.41, 5.74) is 1.19. The van der Waals surface area contributed by atoms with Crippen LogP contribution in [0, 0.1) is 5.92 Å². The van der Waals surface area contributed by atoms with Crippen LogP contribution in [-0.4, -0.2) is 46.8 Å². The quantitative estimate of drug-likeness (QED) is 0.858. The van der Waals surface area contributed by atoms with E-state index in [-0.39, 0.29) is 0 Å². The lowest BCUT2D eigenvalue weighted by Crippen LogP contribution is -2.36. The maximum Gasteiger partial charge on any atom is 0.225 e. The summed E-state index contributed by atoms with van der Waals surface area (Å²) in [7, 11) is 2.19. The van der Waals surface area contributed by atoms with Crippen molar-refractivity contribution in [1.29, 1.82) is 0 Å². The van der Waals surface area contributed by atoms with Crippen molar-refractivity contribution in [3.63, 3.8) is 0 Å². The van der Waals surface area contributed by atoms with Gasteiger partial charge in [0.2, 0.25) is 5.95 Å². The van der Waals surface area contributed by atoms with Crippen LogP contribution in [0.1, 0.15) is 38.2 Å². The Morgan fingerprint density at radius 1 is 1.43 bits per heavy atom. The summed E-state index contributed by atoms with van der Waals surface area (Å²) in [5.74, 6) is 1.88. The summed E-state index contributed by atoms with van der Waals surface area (Å²) in [6.07, 6.45) is 2.27. The first-order chi connectivity index (χ1) is 10.0. The van der Waals surface area contributed by atoms with Gasteiger partial charge in [0, 0.05) is 29.8 Å². The van der Waals surface area contributed by atoms with E-state index in [1.54, 1.807) is 0 Å². The second kappa shape index (κ2) is 6.31. The first-order valence-corrected chi connectivity index (χ1v) is 8.97. The van der Waals surface area contributed by atoms with Crippen LogP contribution in [0.2, 0.25) is 5.15 Å². The second-order valence-corrected chi connectivity index (χ2v) is 8.07. The van der Waals surface area contributed by atoms with Gasteiger partial charge >= 0.3 is 0 Å². The summed E-state index contributed by atoms with van der Waals surface area (Å²) in [5, 5.41) is 5.63. The molecule has 6 heteroatoms. The zero-order valence-electron chi connectivity index (χ0n) is 12.9. The highest BCUT2D eigenvalue weighted by molar-refractivity contribution is 8.00. The van der Waals surface area contributed by atoms with E-state index in [0.29, 0.717) is 28.2 Å². The summed E-state index contributed by atoms with van der Waals surface area (Å²) >= 11 is 8.33. The third kappa shape index (κ3) is 3.30. The minimum Gasteiger partial charge on any atom is -0.354 e. The molecule has 1 aromatic heterocycles. The van der Waals surface area contributed by atoms with Crippen LogP contribution in [-0.2, 0) is 0 Å². The van der Waals surface area contributed by atoms with Crippen molar-refractivity contribution < 1.29 is 0 Å². The monoisotopic (exact) mass is 326 g/mol. The SMILES string of the molecule is CC(C)CCNc1nc(Cl)c2c(n1)SC1CN(C)CCC21. The van der Waals surface area contributed by atoms with E-state index in [1.807, 2.05) is 11.8 Å². The molecule has 3 heterocycles. The second-order valence-electron chi connectivity index (χ2n) is 6.48. The maximum absolute atomic E-state index is 6.45. The summed E-state index contributed by atoms with van der Waals surface area (Å²) in [6, 6.07) is 0. The Morgan fingerprint density at radius 2 is 2.24 bits per heavy atom. The summed E-state index contributed by atoms with van der Waals surface area (Å²) in [6.45, 7) is 7.57. The van der Waals surface area contributed by atoms with E-state index < -0.39 is 0 Å². The van der Waals surface area contributed by atoms with Crippen LogP contribution < -0.4 is 5.32 Å². The van der Waals surface area contributed by atoms with Crippen LogP contribution >= 0.6 is 23.4 Å². The molecule has 1 aromatic rings. The highest BCUT2D eigenvalue weighted by Crippen LogP contribution is 2.50. The zero-order chi connectivity index (χ0) is 15.0. The van der Waals surface area contributed by atoms with E-state index in [9.17, 15) is 0 Å². The van der Waals surface area contributed by atoms with Crippen LogP contribution in [0.15, 0.2) is 5.03 Å². The first kappa shape index (κ1) is 15.4. The molecule has 0 saturated carbocycles. The number of rotatable bonds is 4. The number of thioether (sulfide) groups is 1. The number of aromatic nitrogens is 2. The van der Waals surface area contributed by atoms with Crippen LogP contribution in [0.5, 0.6) is 0 Å². The average Bonchev–Trinajstić information content (AvgIpc) is 2.75. The number of likely N-dealkylation sites (tertiary alicyclic amines) is 1. The molecule has 1 saturated heterocycles. The average molecular weight is 327 g/mol. The van der Waals surface area contributed by atoms with Gasteiger partial charge in [-0.05, 0) is 32.4 Å². The fourth-order valence-corrected chi connectivity index (χ4v) is 4.97. The Balaban J connectivity index is 1.76. The van der Waals surface area contributed by atoms with Gasteiger partial charge in [-0.3, -0.25) is 0 Å². The summed E-state index contributed by atoms with van der Waals surface area (Å²) < 4.78 is 0. The smallest absolute Gasteiger partial charge is 0.225 e. The minimum atomic E-state index is 0.526. The number of fused-ring (bicyclic) bond motifs is 3. The van der Waals surface area contributed by atoms with Gasteiger partial charge in [0.25, 0.3) is 0 Å². The van der Waals surface area contributed by atoms with Crippen molar-refractivity contribution in [2.24, 2.45) is 5.92 Å². The van der Waals surface area contributed by atoms with Crippen molar-refractivity contribution in [3.05, 3.63) is 10.7 Å². The van der Waals surface area contributed by atoms with Crippen LogP contribution in [0.3, 0.4) is 0 Å². The fourth-order valence-electron chi connectivity index (χ4n) is 3.04. The van der Waals surface area contributed by atoms with Gasteiger partial charge in [-0.1, -0.05) is 25.4 Å². The highest BCUT2D eigenvalue weighted by Gasteiger charge is 2.40. The molecule has 0 bridgehead atoms. The van der Waals surface area contributed by atoms with E-state index in [4.69, 9.17) is 16.6 Å². The highest BCUT2D eigenvalue weighted by atomic mass is 35.5. The molecule has 0 radical (unpaired) electrons. The van der Waals surface area contributed by atoms with Gasteiger partial charge in [0.1, 0.15) is 10.2 Å². The Bertz CT molecular complexity index is 523. The number of anilines is 1. The molecule has 21 heavy (non-hydrogen) atoms. The molecule has 0 spiro atoms. The van der Waals surface area contributed by atoms with Gasteiger partial charge in [-0.25, -0.2) is 9.97 Å². The number of nitrogens with one attached hydrogen (secondary N) is 1. The van der Waals surface area contributed by atoms with Gasteiger partial charge in [0.05, 0.1) is 0 Å². The van der Waals surface area contributed by atoms with Crippen molar-refractivity contribution in [2.75, 3.05) is 32.0 Å². The topological polar surface area (TPSA) is 41.1 Å². The van der Waals surface area contributed by atoms with Crippen LogP contribution in [0.4, 0.5) is 5.95 Å². The number of hydrogen-bond acceptors (Lipinski definition) is 5. The van der Waals surface area contributed by atoms with Gasteiger partial charge in [0.15, 0.2) is 0 Å². The number of nitrogens with zero attached hydrogens (tertiary/aromatic N) is 3. The lowest BCUT2D eigenvalue weighted by atomic mass is 9.91. The molecule has 2 aliphatic heterocycles. The predicted octanol–water partition coefficient (Wildman–Crippen LogP) is 3.48. The number of hydrogen-bond donors (Lipinski definition) is 1. The molecule has 3 rings (SSSR count). The van der Waals surface area contributed by atoms with Crippen molar-refractivity contribution in [1.82, 2.24) is 14.9 Å². The standard InChI is InChI=1S/C15H23ClN4S/c1-9(2)4-6-17-15-18-13(16)12-10-5-7-20(3)8-11(10)21-14(12)19-15/h9-11H,4-8H2,1-3H3,(H,17,18,19). The van der Waals surface area contributed by atoms with Crippen molar-refractivity contribution >= 4 is 29.3 Å². The molecule has 0 amide bonds. The molecule has 116 valence electrons. The van der Waals surface area contributed by atoms with E-state index >= 15 is 0 Å². The number of halogens is 1. The molecule has 1 fully saturated rings. The van der Waals surface area contributed by atoms with Crippen LogP contribution in [0.25, 0.3) is 0 Å². The largest absolute Gasteiger partial charge is 0.354 e. The molecule has 2 unspecified atom stereocenters. The normalized spacial score (nSPS) is 25.0. The Morgan fingerprint density at radius 3 is 3.00 bits per heavy atom. The minimum absolute atomic E-state index is 0.526. The van der Waals surface area contributed by atoms with E-state index in [0.717, 1.165) is 37.5 Å². The lowest BCUT2D eigenvalue weighted by Gasteiger charge is -2.31. The van der Waals surface area contributed by atoms with E-state index in [2.05, 4.69) is 36.1 Å². The van der Waals surface area contributed by atoms with Gasteiger partial charge in [-0.15, -0.1) is 11.8 Å². The third-order valence-electron chi connectivity index (χ3n) is 4.26. The molecule has 2 atom stereocenters. The Kier molecular flexibility index (Phi) is 4.62. The molecule has 0 aliphatic carbocycles. The van der Waals surface area contributed by atoms with Gasteiger partial charge in [-0.2, -0.15) is 0 Å². The van der Waals surface area contributed by atoms with E-state index in [1.165, 1.54) is 5.56 Å². The van der Waals surface area contributed by atoms with Crippen molar-refractivity contribution in [3.8, 4) is 0 Å². The molecule has 0 aromatic carbocycles. The predicted molar refractivity (Wildman–Crippen MR) is 89.5 cm³/mol. The molecule has 4 nitrogen and oxygen atoms in total. The molecule has 1 N–H and O–H groups in total. The molecular weight excluding hydrogens is 304 g/mol. The van der Waals surface area contributed by atoms with Crippen molar-refractivity contribution in [2.45, 2.75) is 42.9 Å². The third-order valence-corrected chi connectivity index (χ3v) is 5.87. The Labute approximate surface area is 136 Å². The maximum atomic E-state index is 6.45. The fraction of sp³-hybridized carbons (Fsp3) is 0.733. The zero-order valence-corrected chi connectivity index (χ0v) is 14.5. The lowest BCUT2D eigenvalue weighted by molar-refractivity contribution is 0.264. The molecular formula is C15H23ClN4S. The molecule has 2 aliphatic rings. The number of piperidine rings is 1. The summed E-state index contributed by atoms with van der Waals surface area (Å²) in [4.78, 5) is 11.6.